The van der Waals surface area contributed by atoms with Crippen molar-refractivity contribution in [3.05, 3.63) is 95.6 Å². The van der Waals surface area contributed by atoms with Gasteiger partial charge >= 0.3 is 0 Å². The number of nitrogens with two attached hydrogens (primary N) is 1. The number of thioether (sulfide) groups is 1. The topological polar surface area (TPSA) is 115 Å². The quantitative estimate of drug-likeness (QED) is 0.254. The number of amides is 2. The molecule has 0 radical (unpaired) electrons. The maximum atomic E-state index is 12.9. The van der Waals surface area contributed by atoms with Crippen molar-refractivity contribution in [2.75, 3.05) is 16.9 Å². The van der Waals surface area contributed by atoms with E-state index in [0.717, 1.165) is 16.7 Å². The summed E-state index contributed by atoms with van der Waals surface area (Å²) in [6.45, 7) is 3.92. The molecular formula is C26H26N6O2S. The average molecular weight is 487 g/mol. The fraction of sp³-hybridized carbons (Fsp3) is 0.154. The Morgan fingerprint density at radius 3 is 2.40 bits per heavy atom. The number of carbonyl (C=O) groups excluding carboxylic acids is 2. The minimum atomic E-state index is -0.286. The van der Waals surface area contributed by atoms with E-state index >= 15 is 0 Å². The number of nitrogens with one attached hydrogen (secondary N) is 2. The van der Waals surface area contributed by atoms with Gasteiger partial charge in [0.15, 0.2) is 5.82 Å². The molecule has 35 heavy (non-hydrogen) atoms. The molecule has 1 atom stereocenters. The first-order valence-electron chi connectivity index (χ1n) is 11.1. The molecule has 4 rings (SSSR count). The number of anilines is 1. The van der Waals surface area contributed by atoms with Gasteiger partial charge in [-0.15, -0.1) is 10.2 Å². The lowest BCUT2D eigenvalue weighted by atomic mass is 10.1. The van der Waals surface area contributed by atoms with E-state index in [1.807, 2.05) is 68.4 Å². The van der Waals surface area contributed by atoms with Gasteiger partial charge in [-0.25, -0.2) is 4.68 Å². The number of carbonyl (C=O) groups is 2. The van der Waals surface area contributed by atoms with Gasteiger partial charge in [-0.1, -0.05) is 84.1 Å². The van der Waals surface area contributed by atoms with Crippen LogP contribution in [0.15, 0.2) is 84.0 Å². The summed E-state index contributed by atoms with van der Waals surface area (Å²) in [5, 5.41) is 14.5. The van der Waals surface area contributed by atoms with Crippen molar-refractivity contribution in [1.29, 1.82) is 0 Å². The standard InChI is InChI=1S/C26H26N6O2S/c1-17-12-14-20(15-13-17)24-30-31-26(32(24)27)35-16-23(33)29-22-11-7-6-10-21(22)25(34)28-18(2)19-8-4-3-5-9-19/h3-15,18H,16,27H2,1-2H3,(H,28,34)(H,29,33)/t18-/m1/s1. The van der Waals surface area contributed by atoms with Crippen molar-refractivity contribution in [2.45, 2.75) is 25.0 Å². The maximum Gasteiger partial charge on any atom is 0.253 e. The molecule has 0 unspecified atom stereocenters. The maximum absolute atomic E-state index is 12.9. The van der Waals surface area contributed by atoms with Crippen LogP contribution in [0.3, 0.4) is 0 Å². The lowest BCUT2D eigenvalue weighted by Crippen LogP contribution is -2.28. The zero-order chi connectivity index (χ0) is 24.8. The molecule has 1 heterocycles. The third-order valence-electron chi connectivity index (χ3n) is 5.40. The second-order valence-electron chi connectivity index (χ2n) is 8.03. The molecule has 0 aliphatic rings. The Labute approximate surface area is 207 Å². The second-order valence-corrected chi connectivity index (χ2v) is 8.97. The van der Waals surface area contributed by atoms with Crippen LogP contribution >= 0.6 is 11.8 Å². The van der Waals surface area contributed by atoms with Gasteiger partial charge in [0.1, 0.15) is 0 Å². The van der Waals surface area contributed by atoms with Crippen LogP contribution in [0.25, 0.3) is 11.4 Å². The van der Waals surface area contributed by atoms with Gasteiger partial charge in [0.25, 0.3) is 5.91 Å². The number of para-hydroxylation sites is 1. The van der Waals surface area contributed by atoms with E-state index in [0.29, 0.717) is 22.2 Å². The Hall–Kier alpha value is -4.11. The minimum Gasteiger partial charge on any atom is -0.345 e. The van der Waals surface area contributed by atoms with Gasteiger partial charge in [0.05, 0.1) is 23.0 Å². The van der Waals surface area contributed by atoms with Crippen molar-refractivity contribution < 1.29 is 9.59 Å². The number of aromatic nitrogens is 3. The van der Waals surface area contributed by atoms with Gasteiger partial charge in [-0.05, 0) is 31.5 Å². The van der Waals surface area contributed by atoms with Gasteiger partial charge in [0, 0.05) is 5.56 Å². The summed E-state index contributed by atoms with van der Waals surface area (Å²) < 4.78 is 1.37. The van der Waals surface area contributed by atoms with Crippen LogP contribution in [0.5, 0.6) is 0 Å². The van der Waals surface area contributed by atoms with Gasteiger partial charge in [-0.2, -0.15) is 0 Å². The molecule has 4 aromatic rings. The molecule has 178 valence electrons. The number of aryl methyl sites for hydroxylation is 1. The Kier molecular flexibility index (Phi) is 7.47. The largest absolute Gasteiger partial charge is 0.345 e. The monoisotopic (exact) mass is 486 g/mol. The normalized spacial score (nSPS) is 11.6. The second kappa shape index (κ2) is 10.9. The van der Waals surface area contributed by atoms with E-state index in [4.69, 9.17) is 5.84 Å². The minimum absolute atomic E-state index is 0.0552. The molecule has 4 N–H and O–H groups in total. The van der Waals surface area contributed by atoms with Crippen LogP contribution in [0.2, 0.25) is 0 Å². The summed E-state index contributed by atoms with van der Waals surface area (Å²) in [5.74, 6) is 6.17. The molecule has 3 aromatic carbocycles. The van der Waals surface area contributed by atoms with E-state index in [1.54, 1.807) is 24.3 Å². The van der Waals surface area contributed by atoms with Gasteiger partial charge < -0.3 is 16.5 Å². The molecule has 1 aromatic heterocycles. The molecule has 2 amide bonds. The molecular weight excluding hydrogens is 460 g/mol. The number of nitrogens with zero attached hydrogens (tertiary/aromatic N) is 3. The first-order valence-corrected chi connectivity index (χ1v) is 12.1. The summed E-state index contributed by atoms with van der Waals surface area (Å²) >= 11 is 1.17. The van der Waals surface area contributed by atoms with Crippen LogP contribution in [0.4, 0.5) is 5.69 Å². The van der Waals surface area contributed by atoms with E-state index in [1.165, 1.54) is 16.4 Å². The predicted octanol–water partition coefficient (Wildman–Crippen LogP) is 4.19. The zero-order valence-electron chi connectivity index (χ0n) is 19.4. The number of hydrogen-bond acceptors (Lipinski definition) is 6. The fourth-order valence-corrected chi connectivity index (χ4v) is 4.14. The number of hydrogen-bond donors (Lipinski definition) is 3. The molecule has 8 nitrogen and oxygen atoms in total. The highest BCUT2D eigenvalue weighted by molar-refractivity contribution is 7.99. The first kappa shape index (κ1) is 24.0. The molecule has 0 bridgehead atoms. The molecule has 0 aliphatic heterocycles. The third-order valence-corrected chi connectivity index (χ3v) is 6.34. The van der Waals surface area contributed by atoms with Crippen LogP contribution in [0, 0.1) is 6.92 Å². The Balaban J connectivity index is 1.39. The van der Waals surface area contributed by atoms with Crippen LogP contribution < -0.4 is 16.5 Å². The lowest BCUT2D eigenvalue weighted by Gasteiger charge is -2.16. The van der Waals surface area contributed by atoms with Crippen molar-refractivity contribution in [1.82, 2.24) is 20.2 Å². The van der Waals surface area contributed by atoms with E-state index in [-0.39, 0.29) is 23.6 Å². The van der Waals surface area contributed by atoms with Crippen molar-refractivity contribution >= 4 is 29.3 Å². The number of rotatable bonds is 8. The van der Waals surface area contributed by atoms with E-state index < -0.39 is 0 Å². The Bertz CT molecular complexity index is 1320. The predicted molar refractivity (Wildman–Crippen MR) is 138 cm³/mol. The molecule has 0 aliphatic carbocycles. The van der Waals surface area contributed by atoms with Crippen LogP contribution in [-0.4, -0.2) is 32.4 Å². The van der Waals surface area contributed by atoms with Crippen LogP contribution in [0.1, 0.15) is 34.5 Å². The van der Waals surface area contributed by atoms with Crippen molar-refractivity contribution in [3.63, 3.8) is 0 Å². The highest BCUT2D eigenvalue weighted by Gasteiger charge is 2.17. The molecule has 0 fully saturated rings. The SMILES string of the molecule is Cc1ccc(-c2nnc(SCC(=O)Nc3ccccc3C(=O)N[C@H](C)c3ccccc3)n2N)cc1. The smallest absolute Gasteiger partial charge is 0.253 e. The highest BCUT2D eigenvalue weighted by Crippen LogP contribution is 2.23. The lowest BCUT2D eigenvalue weighted by molar-refractivity contribution is -0.113. The molecule has 0 saturated carbocycles. The Morgan fingerprint density at radius 1 is 0.971 bits per heavy atom. The highest BCUT2D eigenvalue weighted by atomic mass is 32.2. The van der Waals surface area contributed by atoms with Gasteiger partial charge in [0.2, 0.25) is 11.1 Å². The zero-order valence-corrected chi connectivity index (χ0v) is 20.3. The number of nitrogen functional groups attached to an aromatic ring is 1. The number of benzene rings is 3. The average Bonchev–Trinajstić information content (AvgIpc) is 3.24. The third kappa shape index (κ3) is 5.88. The van der Waals surface area contributed by atoms with E-state index in [9.17, 15) is 9.59 Å². The van der Waals surface area contributed by atoms with Crippen LogP contribution in [-0.2, 0) is 4.79 Å². The molecule has 9 heteroatoms. The molecule has 0 saturated heterocycles. The van der Waals surface area contributed by atoms with Crippen molar-refractivity contribution in [2.24, 2.45) is 0 Å². The summed E-state index contributed by atoms with van der Waals surface area (Å²) in [7, 11) is 0. The van der Waals surface area contributed by atoms with Crippen molar-refractivity contribution in [3.8, 4) is 11.4 Å². The van der Waals surface area contributed by atoms with E-state index in [2.05, 4.69) is 20.8 Å². The van der Waals surface area contributed by atoms with Gasteiger partial charge in [-0.3, -0.25) is 9.59 Å². The first-order chi connectivity index (χ1) is 16.9. The molecule has 0 spiro atoms. The summed E-state index contributed by atoms with van der Waals surface area (Å²) in [5.41, 5.74) is 3.79. The summed E-state index contributed by atoms with van der Waals surface area (Å²) in [6.07, 6.45) is 0. The summed E-state index contributed by atoms with van der Waals surface area (Å²) in [6, 6.07) is 24.2. The Morgan fingerprint density at radius 2 is 1.66 bits per heavy atom. The fourth-order valence-electron chi connectivity index (χ4n) is 3.48. The summed E-state index contributed by atoms with van der Waals surface area (Å²) in [4.78, 5) is 25.6.